The highest BCUT2D eigenvalue weighted by molar-refractivity contribution is 7.09. The number of H-pyrrole nitrogens is 1. The number of carbonyl (C=O) groups is 1. The number of nitrogens with zero attached hydrogens (tertiary/aromatic N) is 3. The summed E-state index contributed by atoms with van der Waals surface area (Å²) in [6.07, 6.45) is 5.52. The number of aryl methyl sites for hydroxylation is 2. The van der Waals surface area contributed by atoms with Crippen LogP contribution in [0.1, 0.15) is 39.7 Å². The van der Waals surface area contributed by atoms with Gasteiger partial charge in [-0.25, -0.2) is 15.0 Å². The molecule has 0 bridgehead atoms. The Bertz CT molecular complexity index is 1020. The number of pyridine rings is 1. The molecule has 2 N–H and O–H groups in total. The third-order valence-electron chi connectivity index (χ3n) is 4.44. The van der Waals surface area contributed by atoms with Gasteiger partial charge in [-0.05, 0) is 37.0 Å². The second-order valence-electron chi connectivity index (χ2n) is 6.56. The Hall–Kier alpha value is -3.06. The van der Waals surface area contributed by atoms with E-state index in [1.54, 1.807) is 17.5 Å². The Morgan fingerprint density at radius 2 is 1.89 bits per heavy atom. The lowest BCUT2D eigenvalue weighted by Gasteiger charge is -2.02. The number of hydrogen-bond acceptors (Lipinski definition) is 5. The van der Waals surface area contributed by atoms with Crippen LogP contribution in [-0.4, -0.2) is 25.8 Å². The Morgan fingerprint density at radius 3 is 2.75 bits per heavy atom. The van der Waals surface area contributed by atoms with Gasteiger partial charge in [0, 0.05) is 24.5 Å². The van der Waals surface area contributed by atoms with E-state index in [1.165, 1.54) is 0 Å². The van der Waals surface area contributed by atoms with Crippen LogP contribution in [0, 0.1) is 0 Å². The smallest absolute Gasteiger partial charge is 0.271 e. The number of rotatable bonds is 8. The van der Waals surface area contributed by atoms with Crippen LogP contribution in [0.25, 0.3) is 11.2 Å². The van der Waals surface area contributed by atoms with Crippen LogP contribution in [0.4, 0.5) is 0 Å². The van der Waals surface area contributed by atoms with Gasteiger partial charge in [-0.3, -0.25) is 4.79 Å². The largest absolute Gasteiger partial charge is 0.347 e. The molecule has 4 aromatic rings. The maximum atomic E-state index is 12.2. The minimum Gasteiger partial charge on any atom is -0.347 e. The fourth-order valence-corrected chi connectivity index (χ4v) is 3.80. The number of amides is 1. The molecule has 142 valence electrons. The predicted molar refractivity (Wildman–Crippen MR) is 110 cm³/mol. The molecule has 6 nitrogen and oxygen atoms in total. The zero-order chi connectivity index (χ0) is 19.2. The number of hydrogen-bond donors (Lipinski definition) is 2. The Morgan fingerprint density at radius 1 is 1.04 bits per heavy atom. The summed E-state index contributed by atoms with van der Waals surface area (Å²) in [5.41, 5.74) is 3.32. The molecule has 0 radical (unpaired) electrons. The molecule has 28 heavy (non-hydrogen) atoms. The van der Waals surface area contributed by atoms with E-state index in [4.69, 9.17) is 0 Å². The highest BCUT2D eigenvalue weighted by Gasteiger charge is 2.10. The van der Waals surface area contributed by atoms with Crippen LogP contribution >= 0.6 is 11.3 Å². The van der Waals surface area contributed by atoms with Gasteiger partial charge < -0.3 is 10.3 Å². The van der Waals surface area contributed by atoms with Crippen LogP contribution < -0.4 is 5.32 Å². The number of fused-ring (bicyclic) bond motifs is 1. The van der Waals surface area contributed by atoms with Gasteiger partial charge in [-0.1, -0.05) is 30.3 Å². The third kappa shape index (κ3) is 4.61. The number of thiazole rings is 1. The van der Waals surface area contributed by atoms with Gasteiger partial charge in [-0.15, -0.1) is 11.3 Å². The molecule has 0 saturated carbocycles. The van der Waals surface area contributed by atoms with Crippen molar-refractivity contribution in [3.05, 3.63) is 76.1 Å². The van der Waals surface area contributed by atoms with E-state index in [1.807, 2.05) is 47.8 Å². The SMILES string of the molecule is O=C(NCc1ccccc1)c1csc(CCCCc2nc3ncccc3[nH]2)n1. The monoisotopic (exact) mass is 391 g/mol. The van der Waals surface area contributed by atoms with Gasteiger partial charge in [0.15, 0.2) is 5.65 Å². The zero-order valence-corrected chi connectivity index (χ0v) is 16.2. The fourth-order valence-electron chi connectivity index (χ4n) is 2.98. The van der Waals surface area contributed by atoms with Crippen molar-refractivity contribution in [3.8, 4) is 0 Å². The van der Waals surface area contributed by atoms with Gasteiger partial charge in [0.1, 0.15) is 11.5 Å². The minimum atomic E-state index is -0.124. The van der Waals surface area contributed by atoms with Crippen molar-refractivity contribution in [2.75, 3.05) is 0 Å². The number of aromatic nitrogens is 4. The summed E-state index contributed by atoms with van der Waals surface area (Å²) in [7, 11) is 0. The lowest BCUT2D eigenvalue weighted by Crippen LogP contribution is -2.23. The molecule has 0 unspecified atom stereocenters. The number of aromatic amines is 1. The average Bonchev–Trinajstić information content (AvgIpc) is 3.37. The first-order chi connectivity index (χ1) is 13.8. The zero-order valence-electron chi connectivity index (χ0n) is 15.4. The van der Waals surface area contributed by atoms with E-state index in [0.29, 0.717) is 12.2 Å². The standard InChI is InChI=1S/C21H21N5OS/c27-21(23-13-15-7-2-1-3-8-15)17-14-28-19(25-17)11-5-4-10-18-24-16-9-6-12-22-20(16)26-18/h1-3,6-9,12,14H,4-5,10-11,13H2,(H,23,27)(H,22,24,26). The molecule has 0 fully saturated rings. The predicted octanol–water partition coefficient (Wildman–Crippen LogP) is 3.91. The molecule has 4 rings (SSSR count). The summed E-state index contributed by atoms with van der Waals surface area (Å²) in [6.45, 7) is 0.513. The molecular weight excluding hydrogens is 370 g/mol. The summed E-state index contributed by atoms with van der Waals surface area (Å²) in [5, 5.41) is 5.75. The summed E-state index contributed by atoms with van der Waals surface area (Å²) >= 11 is 1.54. The third-order valence-corrected chi connectivity index (χ3v) is 5.35. The van der Waals surface area contributed by atoms with E-state index in [2.05, 4.69) is 25.3 Å². The van der Waals surface area contributed by atoms with Crippen LogP contribution in [0.5, 0.6) is 0 Å². The lowest BCUT2D eigenvalue weighted by molar-refractivity contribution is 0.0946. The molecule has 3 aromatic heterocycles. The van der Waals surface area contributed by atoms with Crippen LogP contribution in [-0.2, 0) is 19.4 Å². The number of imidazole rings is 1. The summed E-state index contributed by atoms with van der Waals surface area (Å²) in [6, 6.07) is 13.8. The van der Waals surface area contributed by atoms with Crippen LogP contribution in [0.15, 0.2) is 54.0 Å². The molecule has 3 heterocycles. The highest BCUT2D eigenvalue weighted by Crippen LogP contribution is 2.15. The lowest BCUT2D eigenvalue weighted by atomic mass is 10.2. The summed E-state index contributed by atoms with van der Waals surface area (Å²) in [4.78, 5) is 28.8. The molecule has 1 amide bonds. The maximum absolute atomic E-state index is 12.2. The topological polar surface area (TPSA) is 83.6 Å². The van der Waals surface area contributed by atoms with Crippen molar-refractivity contribution in [3.63, 3.8) is 0 Å². The van der Waals surface area contributed by atoms with Gasteiger partial charge in [-0.2, -0.15) is 0 Å². The average molecular weight is 392 g/mol. The number of benzene rings is 1. The summed E-state index contributed by atoms with van der Waals surface area (Å²) < 4.78 is 0. The maximum Gasteiger partial charge on any atom is 0.271 e. The van der Waals surface area contributed by atoms with Crippen molar-refractivity contribution < 1.29 is 4.79 Å². The van der Waals surface area contributed by atoms with Crippen molar-refractivity contribution >= 4 is 28.4 Å². The molecule has 0 aliphatic carbocycles. The van der Waals surface area contributed by atoms with E-state index >= 15 is 0 Å². The van der Waals surface area contributed by atoms with Gasteiger partial charge in [0.2, 0.25) is 0 Å². The molecule has 0 spiro atoms. The molecule has 7 heteroatoms. The second-order valence-corrected chi connectivity index (χ2v) is 7.50. The fraction of sp³-hybridized carbons (Fsp3) is 0.238. The van der Waals surface area contributed by atoms with Crippen LogP contribution in [0.2, 0.25) is 0 Å². The summed E-state index contributed by atoms with van der Waals surface area (Å²) in [5.74, 6) is 0.843. The molecule has 1 aromatic carbocycles. The van der Waals surface area contributed by atoms with E-state index in [0.717, 1.165) is 53.2 Å². The molecule has 0 atom stereocenters. The minimum absolute atomic E-state index is 0.124. The first-order valence-corrected chi connectivity index (χ1v) is 10.2. The molecule has 0 aliphatic rings. The first-order valence-electron chi connectivity index (χ1n) is 9.34. The normalized spacial score (nSPS) is 11.0. The molecule has 0 aliphatic heterocycles. The Balaban J connectivity index is 1.22. The highest BCUT2D eigenvalue weighted by atomic mass is 32.1. The number of nitrogens with one attached hydrogen (secondary N) is 2. The number of unbranched alkanes of at least 4 members (excludes halogenated alkanes) is 1. The van der Waals surface area contributed by atoms with Crippen molar-refractivity contribution in [2.24, 2.45) is 0 Å². The van der Waals surface area contributed by atoms with Crippen LogP contribution in [0.3, 0.4) is 0 Å². The van der Waals surface area contributed by atoms with Gasteiger partial charge in [0.25, 0.3) is 5.91 Å². The van der Waals surface area contributed by atoms with Gasteiger partial charge in [0.05, 0.1) is 10.5 Å². The van der Waals surface area contributed by atoms with E-state index in [-0.39, 0.29) is 5.91 Å². The van der Waals surface area contributed by atoms with Gasteiger partial charge >= 0.3 is 0 Å². The van der Waals surface area contributed by atoms with Crippen molar-refractivity contribution in [1.29, 1.82) is 0 Å². The first kappa shape index (κ1) is 18.3. The second kappa shape index (κ2) is 8.75. The molecular formula is C21H21N5OS. The van der Waals surface area contributed by atoms with Crippen molar-refractivity contribution in [2.45, 2.75) is 32.2 Å². The van der Waals surface area contributed by atoms with E-state index in [9.17, 15) is 4.79 Å². The molecule has 0 saturated heterocycles. The Labute approximate surface area is 167 Å². The van der Waals surface area contributed by atoms with Crippen molar-refractivity contribution in [1.82, 2.24) is 25.3 Å². The number of carbonyl (C=O) groups excluding carboxylic acids is 1. The Kier molecular flexibility index (Phi) is 5.72. The van der Waals surface area contributed by atoms with E-state index < -0.39 is 0 Å². The quantitative estimate of drug-likeness (QED) is 0.446.